The van der Waals surface area contributed by atoms with Crippen LogP contribution in [0.5, 0.6) is 0 Å². The van der Waals surface area contributed by atoms with E-state index in [1.54, 1.807) is 0 Å². The molecule has 0 amide bonds. The van der Waals surface area contributed by atoms with Crippen molar-refractivity contribution >= 4 is 5.78 Å². The number of fused-ring (bicyclic) bond motifs is 3. The Morgan fingerprint density at radius 2 is 2.10 bits per heavy atom. The summed E-state index contributed by atoms with van der Waals surface area (Å²) in [4.78, 5) is 11.7. The molecular formula is C19H26O2. The van der Waals surface area contributed by atoms with Crippen molar-refractivity contribution in [2.45, 2.75) is 64.4 Å². The number of carbonyl (C=O) groups excluding carboxylic acids is 1. The number of rotatable bonds is 0. The zero-order valence-corrected chi connectivity index (χ0v) is 13.0. The molecule has 21 heavy (non-hydrogen) atoms. The summed E-state index contributed by atoms with van der Waals surface area (Å²) in [5.41, 5.74) is 2.15. The van der Waals surface area contributed by atoms with Crippen molar-refractivity contribution in [3.63, 3.8) is 0 Å². The van der Waals surface area contributed by atoms with E-state index in [2.05, 4.69) is 6.92 Å². The minimum absolute atomic E-state index is 0.0536. The molecule has 114 valence electrons. The second-order valence-electron chi connectivity index (χ2n) is 8.79. The highest BCUT2D eigenvalue weighted by Crippen LogP contribution is 2.81. The molecule has 1 spiro atoms. The molecule has 2 heteroatoms. The average molecular weight is 286 g/mol. The molecule has 1 unspecified atom stereocenters. The normalized spacial score (nSPS) is 57.7. The largest absolute Gasteiger partial charge is 0.393 e. The maximum Gasteiger partial charge on any atom is 0.155 e. The molecule has 0 saturated heterocycles. The molecule has 0 aromatic rings. The van der Waals surface area contributed by atoms with Crippen LogP contribution in [0, 0.1) is 34.5 Å². The third kappa shape index (κ3) is 1.37. The summed E-state index contributed by atoms with van der Waals surface area (Å²) >= 11 is 0. The van der Waals surface area contributed by atoms with E-state index >= 15 is 0 Å². The lowest BCUT2D eigenvalue weighted by Gasteiger charge is -2.55. The minimum Gasteiger partial charge on any atom is -0.393 e. The summed E-state index contributed by atoms with van der Waals surface area (Å²) in [5.74, 6) is 3.50. The Balaban J connectivity index is 1.53. The van der Waals surface area contributed by atoms with Gasteiger partial charge in [0.25, 0.3) is 0 Å². The molecule has 4 saturated carbocycles. The van der Waals surface area contributed by atoms with Crippen LogP contribution in [0.25, 0.3) is 0 Å². The van der Waals surface area contributed by atoms with Crippen molar-refractivity contribution < 1.29 is 9.90 Å². The summed E-state index contributed by atoms with van der Waals surface area (Å²) in [6.45, 7) is 2.39. The Bertz CT molecular complexity index is 550. The minimum atomic E-state index is -0.0536. The molecule has 4 fully saturated rings. The number of aliphatic hydroxyl groups is 1. The van der Waals surface area contributed by atoms with E-state index < -0.39 is 0 Å². The third-order valence-electron chi connectivity index (χ3n) is 8.42. The van der Waals surface area contributed by atoms with Crippen LogP contribution in [0.1, 0.15) is 58.3 Å². The van der Waals surface area contributed by atoms with Gasteiger partial charge in [0, 0.05) is 6.42 Å². The van der Waals surface area contributed by atoms with Crippen LogP contribution < -0.4 is 0 Å². The van der Waals surface area contributed by atoms with Gasteiger partial charge in [-0.3, -0.25) is 4.79 Å². The van der Waals surface area contributed by atoms with Crippen LogP contribution in [-0.2, 0) is 4.79 Å². The van der Waals surface area contributed by atoms with E-state index in [1.165, 1.54) is 31.3 Å². The van der Waals surface area contributed by atoms with Crippen molar-refractivity contribution in [2.75, 3.05) is 0 Å². The first-order valence-electron chi connectivity index (χ1n) is 8.97. The molecule has 1 N–H and O–H groups in total. The van der Waals surface area contributed by atoms with Crippen molar-refractivity contribution in [1.82, 2.24) is 0 Å². The van der Waals surface area contributed by atoms with E-state index in [1.807, 2.05) is 6.08 Å². The maximum atomic E-state index is 11.7. The fraction of sp³-hybridized carbons (Fsp3) is 0.842. The van der Waals surface area contributed by atoms with Crippen molar-refractivity contribution in [2.24, 2.45) is 34.5 Å². The molecule has 0 heterocycles. The zero-order valence-electron chi connectivity index (χ0n) is 13.0. The van der Waals surface area contributed by atoms with E-state index in [4.69, 9.17) is 0 Å². The van der Waals surface area contributed by atoms with Gasteiger partial charge in [-0.1, -0.05) is 12.5 Å². The van der Waals surface area contributed by atoms with Crippen LogP contribution >= 0.6 is 0 Å². The summed E-state index contributed by atoms with van der Waals surface area (Å²) < 4.78 is 0. The first-order valence-corrected chi connectivity index (χ1v) is 8.97. The molecule has 5 aliphatic carbocycles. The lowest BCUT2D eigenvalue weighted by atomic mass is 9.49. The van der Waals surface area contributed by atoms with Crippen molar-refractivity contribution in [3.05, 3.63) is 11.6 Å². The van der Waals surface area contributed by atoms with Crippen LogP contribution in [0.3, 0.4) is 0 Å². The molecule has 0 aliphatic heterocycles. The lowest BCUT2D eigenvalue weighted by molar-refractivity contribution is -0.116. The van der Waals surface area contributed by atoms with E-state index in [-0.39, 0.29) is 11.5 Å². The zero-order chi connectivity index (χ0) is 14.4. The van der Waals surface area contributed by atoms with Crippen LogP contribution in [0.15, 0.2) is 11.6 Å². The quantitative estimate of drug-likeness (QED) is 0.740. The lowest BCUT2D eigenvalue weighted by Crippen LogP contribution is -2.50. The SMILES string of the molecule is C[C@]12CC[C@H]3[C@@H](CCC4=CC(=O)CC[C@@H]43)C13C[C@H]3C[C@@H]2O. The van der Waals surface area contributed by atoms with Gasteiger partial charge in [0.1, 0.15) is 0 Å². The van der Waals surface area contributed by atoms with Gasteiger partial charge in [0.15, 0.2) is 5.78 Å². The summed E-state index contributed by atoms with van der Waals surface area (Å²) in [6.07, 6.45) is 11.2. The van der Waals surface area contributed by atoms with Gasteiger partial charge in [-0.25, -0.2) is 0 Å². The third-order valence-corrected chi connectivity index (χ3v) is 8.42. The van der Waals surface area contributed by atoms with Crippen molar-refractivity contribution in [3.8, 4) is 0 Å². The molecule has 0 radical (unpaired) electrons. The smallest absolute Gasteiger partial charge is 0.155 e. The topological polar surface area (TPSA) is 37.3 Å². The number of aliphatic hydroxyl groups excluding tert-OH is 1. The van der Waals surface area contributed by atoms with Gasteiger partial charge in [0.05, 0.1) is 6.10 Å². The Labute approximate surface area is 127 Å². The highest BCUT2D eigenvalue weighted by atomic mass is 16.3. The summed E-state index contributed by atoms with van der Waals surface area (Å²) in [7, 11) is 0. The standard InChI is InChI=1S/C19H26O2/c1-18-7-6-15-14-4-3-13(20)8-11(14)2-5-16(15)19(18)10-12(19)9-17(18)21/h8,12,14-17,21H,2-7,9-10H2,1H3/t12-,14+,15-,16-,17+,18-,19?/m1/s1. The highest BCUT2D eigenvalue weighted by molar-refractivity contribution is 5.91. The number of hydrogen-bond donors (Lipinski definition) is 1. The molecule has 5 rings (SSSR count). The van der Waals surface area contributed by atoms with Crippen LogP contribution in [0.4, 0.5) is 0 Å². The Morgan fingerprint density at radius 1 is 1.24 bits per heavy atom. The van der Waals surface area contributed by atoms with E-state index in [0.29, 0.717) is 17.1 Å². The Morgan fingerprint density at radius 3 is 2.95 bits per heavy atom. The monoisotopic (exact) mass is 286 g/mol. The first-order chi connectivity index (χ1) is 10.1. The molecule has 7 atom stereocenters. The van der Waals surface area contributed by atoms with Crippen molar-refractivity contribution in [1.29, 1.82) is 0 Å². The second kappa shape index (κ2) is 3.82. The number of ketones is 1. The number of hydrogen-bond acceptors (Lipinski definition) is 2. The predicted octanol–water partition coefficient (Wildman–Crippen LogP) is 3.49. The average Bonchev–Trinajstić information content (AvgIpc) is 3.12. The van der Waals surface area contributed by atoms with Gasteiger partial charge < -0.3 is 5.11 Å². The Kier molecular flexibility index (Phi) is 2.34. The molecule has 0 aromatic heterocycles. The molecule has 5 aliphatic rings. The maximum absolute atomic E-state index is 11.7. The molecule has 0 bridgehead atoms. The first kappa shape index (κ1) is 12.9. The van der Waals surface area contributed by atoms with E-state index in [0.717, 1.165) is 43.4 Å². The van der Waals surface area contributed by atoms with E-state index in [9.17, 15) is 9.90 Å². The fourth-order valence-corrected chi connectivity index (χ4v) is 7.40. The predicted molar refractivity (Wildman–Crippen MR) is 80.5 cm³/mol. The van der Waals surface area contributed by atoms with Gasteiger partial charge in [-0.15, -0.1) is 0 Å². The summed E-state index contributed by atoms with van der Waals surface area (Å²) in [5, 5.41) is 10.6. The molecule has 0 aromatic carbocycles. The summed E-state index contributed by atoms with van der Waals surface area (Å²) in [6, 6.07) is 0. The highest BCUT2D eigenvalue weighted by Gasteiger charge is 2.76. The fourth-order valence-electron chi connectivity index (χ4n) is 7.40. The Hall–Kier alpha value is -0.630. The van der Waals surface area contributed by atoms with Crippen LogP contribution in [-0.4, -0.2) is 17.0 Å². The molecule has 2 nitrogen and oxygen atoms in total. The molecular weight excluding hydrogens is 260 g/mol. The van der Waals surface area contributed by atoms with Gasteiger partial charge >= 0.3 is 0 Å². The second-order valence-corrected chi connectivity index (χ2v) is 8.79. The van der Waals surface area contributed by atoms with Gasteiger partial charge in [-0.2, -0.15) is 0 Å². The van der Waals surface area contributed by atoms with Gasteiger partial charge in [0.2, 0.25) is 0 Å². The van der Waals surface area contributed by atoms with Crippen LogP contribution in [0.2, 0.25) is 0 Å². The van der Waals surface area contributed by atoms with Gasteiger partial charge in [-0.05, 0) is 85.5 Å². The number of allylic oxidation sites excluding steroid dienone is 1. The number of carbonyl (C=O) groups is 1.